The van der Waals surface area contributed by atoms with Crippen LogP contribution in [0.5, 0.6) is 0 Å². The monoisotopic (exact) mass is 600 g/mol. The first-order valence-electron chi connectivity index (χ1n) is 16.0. The molecule has 0 radical (unpaired) electrons. The van der Waals surface area contributed by atoms with Crippen molar-refractivity contribution < 1.29 is 4.42 Å². The predicted octanol–water partition coefficient (Wildman–Crippen LogP) is 11.6. The average Bonchev–Trinajstić information content (AvgIpc) is 3.48. The lowest BCUT2D eigenvalue weighted by Gasteiger charge is -2.14. The molecule has 4 aromatic carbocycles. The smallest absolute Gasteiger partial charge is 0.136 e. The van der Waals surface area contributed by atoms with E-state index in [1.54, 1.807) is 6.08 Å². The van der Waals surface area contributed by atoms with Crippen LogP contribution >= 0.6 is 0 Å². The Hall–Kier alpha value is -5.41. The highest BCUT2D eigenvalue weighted by atomic mass is 16.3. The first-order valence-corrected chi connectivity index (χ1v) is 16.0. The van der Waals surface area contributed by atoms with Crippen molar-refractivity contribution in [3.63, 3.8) is 0 Å². The highest BCUT2D eigenvalue weighted by Crippen LogP contribution is 2.40. The molecular formula is C43H40N2O. The molecular weight excluding hydrogens is 560 g/mol. The van der Waals surface area contributed by atoms with Gasteiger partial charge in [-0.2, -0.15) is 5.10 Å². The molecule has 1 aromatic heterocycles. The maximum absolute atomic E-state index is 6.44. The SMILES string of the molecule is C=C/C=C(\C=CC1=CC=CCC1)C(=C)N/N=C(\C)c1cccc2oc3cccc(-c4ccc(CC)c(-c5ccccc5C)c4)c3c12. The lowest BCUT2D eigenvalue weighted by Crippen LogP contribution is -2.10. The van der Waals surface area contributed by atoms with Gasteiger partial charge in [-0.1, -0.05) is 123 Å². The van der Waals surface area contributed by atoms with E-state index in [-0.39, 0.29) is 0 Å². The highest BCUT2D eigenvalue weighted by Gasteiger charge is 2.18. The summed E-state index contributed by atoms with van der Waals surface area (Å²) >= 11 is 0. The number of nitrogens with one attached hydrogen (secondary N) is 1. The number of allylic oxidation sites excluding steroid dienone is 8. The summed E-state index contributed by atoms with van der Waals surface area (Å²) in [5, 5.41) is 6.95. The van der Waals surface area contributed by atoms with Crippen LogP contribution in [0.15, 0.2) is 161 Å². The van der Waals surface area contributed by atoms with Crippen molar-refractivity contribution in [1.82, 2.24) is 5.43 Å². The molecule has 1 N–H and O–H groups in total. The fourth-order valence-corrected chi connectivity index (χ4v) is 6.20. The molecule has 3 heteroatoms. The summed E-state index contributed by atoms with van der Waals surface area (Å²) in [6.07, 6.45) is 17.4. The molecule has 228 valence electrons. The summed E-state index contributed by atoms with van der Waals surface area (Å²) in [4.78, 5) is 0. The van der Waals surface area contributed by atoms with Crippen molar-refractivity contribution in [3.8, 4) is 22.3 Å². The third-order valence-corrected chi connectivity index (χ3v) is 8.68. The van der Waals surface area contributed by atoms with Gasteiger partial charge in [0.15, 0.2) is 0 Å². The van der Waals surface area contributed by atoms with Gasteiger partial charge in [0.25, 0.3) is 0 Å². The van der Waals surface area contributed by atoms with Gasteiger partial charge in [-0.3, -0.25) is 5.43 Å². The van der Waals surface area contributed by atoms with E-state index in [0.29, 0.717) is 5.70 Å². The number of fused-ring (bicyclic) bond motifs is 3. The van der Waals surface area contributed by atoms with Crippen molar-refractivity contribution in [2.24, 2.45) is 5.10 Å². The molecule has 0 bridgehead atoms. The van der Waals surface area contributed by atoms with Gasteiger partial charge in [-0.25, -0.2) is 0 Å². The van der Waals surface area contributed by atoms with Gasteiger partial charge >= 0.3 is 0 Å². The molecule has 1 aliphatic rings. The molecule has 0 saturated heterocycles. The maximum atomic E-state index is 6.44. The Bertz CT molecular complexity index is 2110. The summed E-state index contributed by atoms with van der Waals surface area (Å²) in [6.45, 7) is 14.6. The average molecular weight is 601 g/mol. The second kappa shape index (κ2) is 13.7. The highest BCUT2D eigenvalue weighted by molar-refractivity contribution is 6.21. The van der Waals surface area contributed by atoms with E-state index in [9.17, 15) is 0 Å². The third kappa shape index (κ3) is 6.23. The van der Waals surface area contributed by atoms with Crippen LogP contribution in [-0.2, 0) is 6.42 Å². The minimum Gasteiger partial charge on any atom is -0.456 e. The van der Waals surface area contributed by atoms with Crippen molar-refractivity contribution in [1.29, 1.82) is 0 Å². The van der Waals surface area contributed by atoms with E-state index < -0.39 is 0 Å². The van der Waals surface area contributed by atoms with Crippen LogP contribution in [0.1, 0.15) is 43.4 Å². The number of hydrogen-bond donors (Lipinski definition) is 1. The molecule has 6 rings (SSSR count). The van der Waals surface area contributed by atoms with Gasteiger partial charge in [0, 0.05) is 16.3 Å². The van der Waals surface area contributed by atoms with Gasteiger partial charge in [0.1, 0.15) is 11.2 Å². The van der Waals surface area contributed by atoms with Crippen molar-refractivity contribution in [2.75, 3.05) is 0 Å². The molecule has 0 amide bonds. The second-order valence-corrected chi connectivity index (χ2v) is 11.7. The zero-order valence-electron chi connectivity index (χ0n) is 26.9. The molecule has 3 nitrogen and oxygen atoms in total. The molecule has 0 fully saturated rings. The quantitative estimate of drug-likeness (QED) is 0.0983. The van der Waals surface area contributed by atoms with Crippen molar-refractivity contribution in [3.05, 3.63) is 168 Å². The Morgan fingerprint density at radius 3 is 2.48 bits per heavy atom. The zero-order valence-corrected chi connectivity index (χ0v) is 26.9. The maximum Gasteiger partial charge on any atom is 0.136 e. The standard InChI is InChI=1S/C43H40N2O/c1-6-15-34(25-24-32-17-9-8-10-18-32)30(4)44-45-31(5)37-20-13-22-40-42(37)43-38(21-14-23-41(43)46-40)35-27-26-33(7-2)39(28-35)36-19-12-11-16-29(36)3/h6,8-9,11-17,19-28,44H,1,4,7,10,18H2,2-3,5H3/b25-24?,34-15+,45-31+. The normalized spacial score (nSPS) is 13.8. The summed E-state index contributed by atoms with van der Waals surface area (Å²) in [6, 6.07) is 28.0. The fourth-order valence-electron chi connectivity index (χ4n) is 6.20. The number of hydrogen-bond acceptors (Lipinski definition) is 3. The van der Waals surface area contributed by atoms with Gasteiger partial charge in [-0.15, -0.1) is 0 Å². The number of furan rings is 1. The topological polar surface area (TPSA) is 37.5 Å². The number of nitrogens with zero attached hydrogens (tertiary/aromatic N) is 1. The first-order chi connectivity index (χ1) is 22.5. The molecule has 0 spiro atoms. The van der Waals surface area contributed by atoms with Gasteiger partial charge in [0.05, 0.1) is 11.4 Å². The van der Waals surface area contributed by atoms with Crippen LogP contribution in [-0.4, -0.2) is 5.71 Å². The second-order valence-electron chi connectivity index (χ2n) is 11.7. The minimum absolute atomic E-state index is 0.701. The Labute approximate surface area is 272 Å². The minimum atomic E-state index is 0.701. The third-order valence-electron chi connectivity index (χ3n) is 8.68. The Morgan fingerprint density at radius 1 is 0.935 bits per heavy atom. The number of aryl methyl sites for hydroxylation is 2. The molecule has 1 heterocycles. The van der Waals surface area contributed by atoms with E-state index >= 15 is 0 Å². The molecule has 1 aliphatic carbocycles. The van der Waals surface area contributed by atoms with Crippen molar-refractivity contribution in [2.45, 2.75) is 40.0 Å². The van der Waals surface area contributed by atoms with Crippen LogP contribution in [0.4, 0.5) is 0 Å². The van der Waals surface area contributed by atoms with Gasteiger partial charge in [-0.05, 0) is 95.8 Å². The van der Waals surface area contributed by atoms with Crippen LogP contribution in [0.25, 0.3) is 44.2 Å². The lowest BCUT2D eigenvalue weighted by atomic mass is 9.90. The lowest BCUT2D eigenvalue weighted by molar-refractivity contribution is 0.669. The van der Waals surface area contributed by atoms with E-state index in [4.69, 9.17) is 9.52 Å². The van der Waals surface area contributed by atoms with E-state index in [2.05, 4.69) is 123 Å². The molecule has 0 saturated carbocycles. The van der Waals surface area contributed by atoms with E-state index in [1.807, 2.05) is 31.2 Å². The van der Waals surface area contributed by atoms with Crippen LogP contribution in [0.3, 0.4) is 0 Å². The molecule has 0 atom stereocenters. The van der Waals surface area contributed by atoms with E-state index in [0.717, 1.165) is 69.2 Å². The number of hydrazone groups is 1. The van der Waals surface area contributed by atoms with Crippen LogP contribution in [0.2, 0.25) is 0 Å². The van der Waals surface area contributed by atoms with Gasteiger partial charge < -0.3 is 4.42 Å². The first kappa shape index (κ1) is 30.6. The predicted molar refractivity (Wildman–Crippen MR) is 197 cm³/mol. The zero-order chi connectivity index (χ0) is 32.0. The van der Waals surface area contributed by atoms with Gasteiger partial charge in [0.2, 0.25) is 0 Å². The number of benzene rings is 4. The molecule has 0 unspecified atom stereocenters. The van der Waals surface area contributed by atoms with E-state index in [1.165, 1.54) is 27.8 Å². The molecule has 46 heavy (non-hydrogen) atoms. The van der Waals surface area contributed by atoms with Crippen molar-refractivity contribution >= 4 is 27.7 Å². The molecule has 0 aliphatic heterocycles. The van der Waals surface area contributed by atoms with Crippen LogP contribution < -0.4 is 5.43 Å². The fraction of sp³-hybridized carbons (Fsp3) is 0.140. The Kier molecular flexibility index (Phi) is 9.12. The summed E-state index contributed by atoms with van der Waals surface area (Å²) in [7, 11) is 0. The summed E-state index contributed by atoms with van der Waals surface area (Å²) < 4.78 is 6.44. The summed E-state index contributed by atoms with van der Waals surface area (Å²) in [5.41, 5.74) is 17.1. The Morgan fingerprint density at radius 2 is 1.72 bits per heavy atom. The molecule has 5 aromatic rings. The number of rotatable bonds is 10. The van der Waals surface area contributed by atoms with Crippen LogP contribution in [0, 0.1) is 6.92 Å². The summed E-state index contributed by atoms with van der Waals surface area (Å²) in [5.74, 6) is 0. The Balaban J connectivity index is 1.40. The largest absolute Gasteiger partial charge is 0.456 e.